The maximum absolute atomic E-state index is 8.97. The van der Waals surface area contributed by atoms with Crippen LogP contribution in [-0.4, -0.2) is 35.7 Å². The van der Waals surface area contributed by atoms with Crippen LogP contribution in [0.3, 0.4) is 0 Å². The van der Waals surface area contributed by atoms with Gasteiger partial charge in [0, 0.05) is 19.2 Å². The van der Waals surface area contributed by atoms with Crippen LogP contribution >= 0.6 is 0 Å². The summed E-state index contributed by atoms with van der Waals surface area (Å²) in [4.78, 5) is 2.70. The molecule has 0 radical (unpaired) electrons. The van der Waals surface area contributed by atoms with Crippen LogP contribution < -0.4 is 0 Å². The minimum absolute atomic E-state index is 0.376. The van der Waals surface area contributed by atoms with Gasteiger partial charge in [0.1, 0.15) is 0 Å². The Bertz CT molecular complexity index is 199. The second kappa shape index (κ2) is 6.02. The third kappa shape index (κ3) is 2.98. The van der Waals surface area contributed by atoms with Gasteiger partial charge in [0.25, 0.3) is 0 Å². The van der Waals surface area contributed by atoms with Gasteiger partial charge < -0.3 is 10.0 Å². The molecular formula is C14H27NO. The summed E-state index contributed by atoms with van der Waals surface area (Å²) >= 11 is 0. The van der Waals surface area contributed by atoms with Crippen molar-refractivity contribution in [2.45, 2.75) is 57.9 Å². The van der Waals surface area contributed by atoms with E-state index >= 15 is 0 Å². The van der Waals surface area contributed by atoms with E-state index in [1.54, 1.807) is 0 Å². The molecule has 0 amide bonds. The first-order chi connectivity index (χ1) is 7.83. The molecule has 1 saturated heterocycles. The highest BCUT2D eigenvalue weighted by molar-refractivity contribution is 4.84. The van der Waals surface area contributed by atoms with E-state index in [9.17, 15) is 0 Å². The number of rotatable bonds is 4. The maximum atomic E-state index is 8.97. The Hall–Kier alpha value is -0.0800. The van der Waals surface area contributed by atoms with Crippen LogP contribution in [0.2, 0.25) is 0 Å². The fourth-order valence-electron chi connectivity index (χ4n) is 3.53. The van der Waals surface area contributed by atoms with Crippen molar-refractivity contribution in [3.63, 3.8) is 0 Å². The van der Waals surface area contributed by atoms with Gasteiger partial charge in [-0.3, -0.25) is 0 Å². The van der Waals surface area contributed by atoms with Gasteiger partial charge in [0.15, 0.2) is 0 Å². The molecule has 0 aromatic heterocycles. The van der Waals surface area contributed by atoms with Crippen molar-refractivity contribution in [2.75, 3.05) is 19.7 Å². The predicted octanol–water partition coefficient (Wildman–Crippen LogP) is 2.66. The van der Waals surface area contributed by atoms with E-state index in [0.29, 0.717) is 6.61 Å². The Labute approximate surface area is 100 Å². The SMILES string of the molecule is CCC1CCC(N2CCC(CCO)C2)CC1. The molecule has 0 bridgehead atoms. The fourth-order valence-corrected chi connectivity index (χ4v) is 3.53. The van der Waals surface area contributed by atoms with Gasteiger partial charge in [-0.25, -0.2) is 0 Å². The van der Waals surface area contributed by atoms with E-state index < -0.39 is 0 Å². The van der Waals surface area contributed by atoms with E-state index in [1.165, 1.54) is 51.6 Å². The Morgan fingerprint density at radius 2 is 1.81 bits per heavy atom. The number of aliphatic hydroxyl groups is 1. The minimum Gasteiger partial charge on any atom is -0.396 e. The molecule has 0 spiro atoms. The lowest BCUT2D eigenvalue weighted by Gasteiger charge is -2.34. The molecule has 2 nitrogen and oxygen atoms in total. The summed E-state index contributed by atoms with van der Waals surface area (Å²) < 4.78 is 0. The van der Waals surface area contributed by atoms with Crippen LogP contribution in [0.1, 0.15) is 51.9 Å². The molecule has 2 heteroatoms. The van der Waals surface area contributed by atoms with Crippen molar-refractivity contribution in [1.29, 1.82) is 0 Å². The first kappa shape index (κ1) is 12.4. The predicted molar refractivity (Wildman–Crippen MR) is 67.4 cm³/mol. The van der Waals surface area contributed by atoms with Crippen molar-refractivity contribution < 1.29 is 5.11 Å². The lowest BCUT2D eigenvalue weighted by atomic mass is 9.84. The Morgan fingerprint density at radius 3 is 2.44 bits per heavy atom. The highest BCUT2D eigenvalue weighted by atomic mass is 16.3. The molecule has 16 heavy (non-hydrogen) atoms. The smallest absolute Gasteiger partial charge is 0.0434 e. The third-order valence-corrected chi connectivity index (χ3v) is 4.76. The summed E-state index contributed by atoms with van der Waals surface area (Å²) in [5.41, 5.74) is 0. The van der Waals surface area contributed by atoms with Crippen LogP contribution in [0.15, 0.2) is 0 Å². The number of nitrogens with zero attached hydrogens (tertiary/aromatic N) is 1. The summed E-state index contributed by atoms with van der Waals surface area (Å²) in [6, 6.07) is 0.867. The van der Waals surface area contributed by atoms with E-state index in [1.807, 2.05) is 0 Å². The van der Waals surface area contributed by atoms with Crippen LogP contribution in [-0.2, 0) is 0 Å². The zero-order valence-electron chi connectivity index (χ0n) is 10.7. The average molecular weight is 225 g/mol. The zero-order valence-corrected chi connectivity index (χ0v) is 10.7. The molecular weight excluding hydrogens is 198 g/mol. The summed E-state index contributed by atoms with van der Waals surface area (Å²) in [5.74, 6) is 1.78. The molecule has 1 saturated carbocycles. The van der Waals surface area contributed by atoms with Crippen LogP contribution in [0, 0.1) is 11.8 Å². The molecule has 1 heterocycles. The summed E-state index contributed by atoms with van der Waals surface area (Å²) in [5, 5.41) is 8.97. The Morgan fingerprint density at radius 1 is 1.06 bits per heavy atom. The van der Waals surface area contributed by atoms with Gasteiger partial charge in [-0.05, 0) is 56.9 Å². The van der Waals surface area contributed by atoms with Gasteiger partial charge in [0.05, 0.1) is 0 Å². The number of hydrogen-bond acceptors (Lipinski definition) is 2. The van der Waals surface area contributed by atoms with E-state index in [0.717, 1.165) is 24.3 Å². The Balaban J connectivity index is 1.73. The molecule has 2 rings (SSSR count). The number of likely N-dealkylation sites (tertiary alicyclic amines) is 1. The van der Waals surface area contributed by atoms with Crippen molar-refractivity contribution in [2.24, 2.45) is 11.8 Å². The fraction of sp³-hybridized carbons (Fsp3) is 1.00. The van der Waals surface area contributed by atoms with Gasteiger partial charge in [-0.15, -0.1) is 0 Å². The largest absolute Gasteiger partial charge is 0.396 e. The normalized spacial score (nSPS) is 36.8. The Kier molecular flexibility index (Phi) is 4.66. The van der Waals surface area contributed by atoms with Crippen molar-refractivity contribution in [1.82, 2.24) is 4.90 Å². The molecule has 1 N–H and O–H groups in total. The quantitative estimate of drug-likeness (QED) is 0.795. The zero-order chi connectivity index (χ0) is 11.4. The lowest BCUT2D eigenvalue weighted by molar-refractivity contribution is 0.155. The van der Waals surface area contributed by atoms with Gasteiger partial charge in [-0.2, -0.15) is 0 Å². The van der Waals surface area contributed by atoms with E-state index in [-0.39, 0.29) is 0 Å². The monoisotopic (exact) mass is 225 g/mol. The molecule has 2 aliphatic rings. The minimum atomic E-state index is 0.376. The number of hydrogen-bond donors (Lipinski definition) is 1. The third-order valence-electron chi connectivity index (χ3n) is 4.76. The van der Waals surface area contributed by atoms with Crippen molar-refractivity contribution in [3.05, 3.63) is 0 Å². The van der Waals surface area contributed by atoms with Gasteiger partial charge in [-0.1, -0.05) is 13.3 Å². The molecule has 1 atom stereocenters. The van der Waals surface area contributed by atoms with Crippen LogP contribution in [0.5, 0.6) is 0 Å². The number of aliphatic hydroxyl groups excluding tert-OH is 1. The first-order valence-corrected chi connectivity index (χ1v) is 7.18. The average Bonchev–Trinajstić information content (AvgIpc) is 2.78. The highest BCUT2D eigenvalue weighted by Gasteiger charge is 2.30. The molecule has 1 unspecified atom stereocenters. The first-order valence-electron chi connectivity index (χ1n) is 7.18. The molecule has 1 aliphatic carbocycles. The van der Waals surface area contributed by atoms with Crippen molar-refractivity contribution in [3.8, 4) is 0 Å². The second-order valence-corrected chi connectivity index (χ2v) is 5.74. The molecule has 2 fully saturated rings. The summed E-state index contributed by atoms with van der Waals surface area (Å²) in [6.45, 7) is 5.24. The maximum Gasteiger partial charge on any atom is 0.0434 e. The highest BCUT2D eigenvalue weighted by Crippen LogP contribution is 2.32. The topological polar surface area (TPSA) is 23.5 Å². The lowest BCUT2D eigenvalue weighted by Crippen LogP contribution is -2.36. The molecule has 0 aromatic rings. The summed E-state index contributed by atoms with van der Waals surface area (Å²) in [6.07, 6.45) is 9.44. The van der Waals surface area contributed by atoms with E-state index in [2.05, 4.69) is 11.8 Å². The van der Waals surface area contributed by atoms with Crippen LogP contribution in [0.25, 0.3) is 0 Å². The van der Waals surface area contributed by atoms with Crippen LogP contribution in [0.4, 0.5) is 0 Å². The second-order valence-electron chi connectivity index (χ2n) is 5.74. The molecule has 94 valence electrons. The molecule has 0 aromatic carbocycles. The standard InChI is InChI=1S/C14H27NO/c1-2-12-3-5-14(6-4-12)15-9-7-13(11-15)8-10-16/h12-14,16H,2-11H2,1H3. The van der Waals surface area contributed by atoms with Gasteiger partial charge in [0.2, 0.25) is 0 Å². The van der Waals surface area contributed by atoms with E-state index in [4.69, 9.17) is 5.11 Å². The van der Waals surface area contributed by atoms with Crippen molar-refractivity contribution >= 4 is 0 Å². The summed E-state index contributed by atoms with van der Waals surface area (Å²) in [7, 11) is 0. The van der Waals surface area contributed by atoms with Gasteiger partial charge >= 0.3 is 0 Å². The molecule has 1 aliphatic heterocycles.